The first-order chi connectivity index (χ1) is 10.2. The van der Waals surface area contributed by atoms with E-state index in [4.69, 9.17) is 21.1 Å². The fourth-order valence-electron chi connectivity index (χ4n) is 1.83. The van der Waals surface area contributed by atoms with Crippen molar-refractivity contribution in [2.24, 2.45) is 0 Å². The van der Waals surface area contributed by atoms with Crippen LogP contribution in [0.4, 0.5) is 0 Å². The second-order valence-corrected chi connectivity index (χ2v) is 5.92. The van der Waals surface area contributed by atoms with Crippen molar-refractivity contribution in [2.75, 3.05) is 0 Å². The molecule has 0 spiro atoms. The predicted octanol–water partition coefficient (Wildman–Crippen LogP) is 3.83. The van der Waals surface area contributed by atoms with Gasteiger partial charge in [-0.05, 0) is 36.4 Å². The monoisotopic (exact) mass is 317 g/mol. The molecule has 0 unspecified atom stereocenters. The highest BCUT2D eigenvalue weighted by Crippen LogP contribution is 2.32. The molecule has 1 saturated heterocycles. The van der Waals surface area contributed by atoms with Crippen molar-refractivity contribution in [1.82, 2.24) is 4.90 Å². The number of rotatable bonds is 4. The third kappa shape index (κ3) is 3.17. The van der Waals surface area contributed by atoms with E-state index in [0.29, 0.717) is 21.5 Å². The summed E-state index contributed by atoms with van der Waals surface area (Å²) in [4.78, 5) is 14.4. The lowest BCUT2D eigenvalue weighted by molar-refractivity contribution is -0.122. The smallest absolute Gasteiger partial charge is 0.266 e. The highest BCUT2D eigenvalue weighted by Gasteiger charge is 2.32. The minimum atomic E-state index is -0.106. The molecule has 1 aliphatic heterocycles. The van der Waals surface area contributed by atoms with Crippen LogP contribution in [0, 0.1) is 0 Å². The number of nitrogens with zero attached hydrogens (tertiary/aromatic N) is 1. The third-order valence-corrected chi connectivity index (χ3v) is 4.21. The molecule has 6 heteroatoms. The summed E-state index contributed by atoms with van der Waals surface area (Å²) in [7, 11) is 0. The van der Waals surface area contributed by atoms with E-state index >= 15 is 0 Å². The summed E-state index contributed by atoms with van der Waals surface area (Å²) in [5.41, 5.74) is 0. The summed E-state index contributed by atoms with van der Waals surface area (Å²) in [5, 5.41) is 0. The van der Waals surface area contributed by atoms with E-state index in [9.17, 15) is 4.79 Å². The number of allylic oxidation sites excluding steroid dienone is 2. The average molecular weight is 317 g/mol. The number of carbonyl (C=O) groups is 1. The fraction of sp³-hybridized carbons (Fsp3) is 0.0667. The van der Waals surface area contributed by atoms with E-state index in [1.54, 1.807) is 36.8 Å². The van der Waals surface area contributed by atoms with Crippen LogP contribution in [0.5, 0.6) is 0 Å². The van der Waals surface area contributed by atoms with Crippen LogP contribution in [0.15, 0.2) is 62.7 Å². The molecule has 21 heavy (non-hydrogen) atoms. The molecule has 106 valence electrons. The number of hydrogen-bond acceptors (Lipinski definition) is 5. The molecule has 2 aromatic heterocycles. The fourth-order valence-corrected chi connectivity index (χ4v) is 3.03. The molecule has 1 fully saturated rings. The first-order valence-corrected chi connectivity index (χ1v) is 7.44. The van der Waals surface area contributed by atoms with Gasteiger partial charge in [0.05, 0.1) is 24.0 Å². The van der Waals surface area contributed by atoms with Crippen molar-refractivity contribution in [2.45, 2.75) is 6.54 Å². The predicted molar refractivity (Wildman–Crippen MR) is 85.3 cm³/mol. The number of thioether (sulfide) groups is 1. The van der Waals surface area contributed by atoms with Crippen molar-refractivity contribution in [1.29, 1.82) is 0 Å². The molecular weight excluding hydrogens is 306 g/mol. The van der Waals surface area contributed by atoms with E-state index in [1.165, 1.54) is 16.7 Å². The zero-order valence-electron chi connectivity index (χ0n) is 10.9. The molecule has 0 saturated carbocycles. The second-order valence-electron chi connectivity index (χ2n) is 4.24. The van der Waals surface area contributed by atoms with E-state index in [1.807, 2.05) is 18.2 Å². The van der Waals surface area contributed by atoms with Crippen LogP contribution >= 0.6 is 24.0 Å². The Morgan fingerprint density at radius 1 is 1.24 bits per heavy atom. The van der Waals surface area contributed by atoms with E-state index in [-0.39, 0.29) is 5.91 Å². The maximum absolute atomic E-state index is 12.3. The van der Waals surface area contributed by atoms with Gasteiger partial charge >= 0.3 is 0 Å². The van der Waals surface area contributed by atoms with Gasteiger partial charge in [0, 0.05) is 0 Å². The Morgan fingerprint density at radius 3 is 2.76 bits per heavy atom. The van der Waals surface area contributed by atoms with Gasteiger partial charge in [-0.3, -0.25) is 9.69 Å². The second kappa shape index (κ2) is 6.15. The summed E-state index contributed by atoms with van der Waals surface area (Å²) in [6.45, 7) is 0.358. The van der Waals surface area contributed by atoms with Crippen LogP contribution in [-0.2, 0) is 11.3 Å². The molecule has 1 amide bonds. The summed E-state index contributed by atoms with van der Waals surface area (Å²) in [5.74, 6) is 1.33. The van der Waals surface area contributed by atoms with Crippen molar-refractivity contribution in [3.63, 3.8) is 0 Å². The molecule has 0 N–H and O–H groups in total. The Labute approximate surface area is 131 Å². The summed E-state index contributed by atoms with van der Waals surface area (Å²) >= 11 is 6.53. The SMILES string of the molecule is O=C1C(=CC=Cc2ccco2)SC(=S)N1Cc1ccco1. The van der Waals surface area contributed by atoms with Gasteiger partial charge in [-0.2, -0.15) is 0 Å². The number of carbonyl (C=O) groups excluding carboxylic acids is 1. The largest absolute Gasteiger partial charge is 0.467 e. The number of thiocarbonyl (C=S) groups is 1. The van der Waals surface area contributed by atoms with Crippen molar-refractivity contribution >= 4 is 40.3 Å². The molecular formula is C15H11NO3S2. The number of amides is 1. The normalized spacial score (nSPS) is 17.5. The highest BCUT2D eigenvalue weighted by molar-refractivity contribution is 8.26. The molecule has 3 heterocycles. The van der Waals surface area contributed by atoms with Crippen LogP contribution in [0.25, 0.3) is 6.08 Å². The Bertz CT molecular complexity index is 699. The zero-order valence-corrected chi connectivity index (χ0v) is 12.5. The van der Waals surface area contributed by atoms with Crippen molar-refractivity contribution < 1.29 is 13.6 Å². The quantitative estimate of drug-likeness (QED) is 0.633. The summed E-state index contributed by atoms with van der Waals surface area (Å²) in [6.07, 6.45) is 8.48. The first-order valence-electron chi connectivity index (χ1n) is 6.22. The maximum atomic E-state index is 12.3. The molecule has 0 aliphatic carbocycles. The van der Waals surface area contributed by atoms with Gasteiger partial charge in [-0.25, -0.2) is 0 Å². The van der Waals surface area contributed by atoms with Gasteiger partial charge in [0.1, 0.15) is 15.8 Å². The molecule has 0 radical (unpaired) electrons. The minimum Gasteiger partial charge on any atom is -0.467 e. The molecule has 2 aromatic rings. The molecule has 0 bridgehead atoms. The highest BCUT2D eigenvalue weighted by atomic mass is 32.2. The van der Waals surface area contributed by atoms with Crippen LogP contribution in [0.2, 0.25) is 0 Å². The van der Waals surface area contributed by atoms with Crippen molar-refractivity contribution in [3.8, 4) is 0 Å². The van der Waals surface area contributed by atoms with E-state index < -0.39 is 0 Å². The van der Waals surface area contributed by atoms with Crippen LogP contribution in [0.3, 0.4) is 0 Å². The summed E-state index contributed by atoms with van der Waals surface area (Å²) < 4.78 is 11.0. The average Bonchev–Trinajstić information content (AvgIpc) is 3.19. The number of furan rings is 2. The lowest BCUT2D eigenvalue weighted by Crippen LogP contribution is -2.27. The summed E-state index contributed by atoms with van der Waals surface area (Å²) in [6, 6.07) is 7.25. The maximum Gasteiger partial charge on any atom is 0.266 e. The topological polar surface area (TPSA) is 46.6 Å². The van der Waals surface area contributed by atoms with Crippen LogP contribution < -0.4 is 0 Å². The Morgan fingerprint density at radius 2 is 2.05 bits per heavy atom. The lowest BCUT2D eigenvalue weighted by atomic mass is 10.3. The molecule has 0 atom stereocenters. The molecule has 1 aliphatic rings. The van der Waals surface area contributed by atoms with Gasteiger partial charge < -0.3 is 8.83 Å². The van der Waals surface area contributed by atoms with Gasteiger partial charge in [0.15, 0.2) is 0 Å². The van der Waals surface area contributed by atoms with Gasteiger partial charge in [-0.1, -0.05) is 30.1 Å². The lowest BCUT2D eigenvalue weighted by Gasteiger charge is -2.11. The minimum absolute atomic E-state index is 0.106. The van der Waals surface area contributed by atoms with Crippen molar-refractivity contribution in [3.05, 3.63) is 65.4 Å². The Balaban J connectivity index is 1.71. The molecule has 0 aromatic carbocycles. The third-order valence-electron chi connectivity index (χ3n) is 2.82. The van der Waals surface area contributed by atoms with Gasteiger partial charge in [0.25, 0.3) is 5.91 Å². The van der Waals surface area contributed by atoms with E-state index in [2.05, 4.69) is 0 Å². The molecule has 3 rings (SSSR count). The van der Waals surface area contributed by atoms with Gasteiger partial charge in [-0.15, -0.1) is 0 Å². The standard InChI is InChI=1S/C15H11NO3S2/c17-14-13(7-1-4-11-5-2-8-18-11)21-15(20)16(14)10-12-6-3-9-19-12/h1-9H,10H2. The zero-order chi connectivity index (χ0) is 14.7. The van der Waals surface area contributed by atoms with Gasteiger partial charge in [0.2, 0.25) is 0 Å². The van der Waals surface area contributed by atoms with E-state index in [0.717, 1.165) is 5.76 Å². The Kier molecular flexibility index (Phi) is 4.08. The molecule has 4 nitrogen and oxygen atoms in total. The first kappa shape index (κ1) is 13.9. The van der Waals surface area contributed by atoms with Crippen LogP contribution in [-0.4, -0.2) is 15.1 Å². The Hall–Kier alpha value is -2.05. The number of hydrogen-bond donors (Lipinski definition) is 0. The van der Waals surface area contributed by atoms with Crippen LogP contribution in [0.1, 0.15) is 11.5 Å².